The highest BCUT2D eigenvalue weighted by atomic mass is 35.5. The number of alkyl halides is 1. The molecule has 0 aromatic carbocycles. The van der Waals surface area contributed by atoms with Crippen molar-refractivity contribution in [2.75, 3.05) is 5.88 Å². The first-order chi connectivity index (χ1) is 7.13. The molecule has 84 valence electrons. The number of thiophene rings is 1. The molecule has 0 saturated carbocycles. The second-order valence-electron chi connectivity index (χ2n) is 3.74. The van der Waals surface area contributed by atoms with Crippen LogP contribution in [0.4, 0.5) is 0 Å². The summed E-state index contributed by atoms with van der Waals surface area (Å²) in [7, 11) is 0. The van der Waals surface area contributed by atoms with Crippen LogP contribution in [0, 0.1) is 5.92 Å². The van der Waals surface area contributed by atoms with Gasteiger partial charge >= 0.3 is 0 Å². The largest absolute Gasteiger partial charge is 0.353 e. The van der Waals surface area contributed by atoms with Crippen molar-refractivity contribution in [2.24, 2.45) is 5.92 Å². The van der Waals surface area contributed by atoms with E-state index >= 15 is 0 Å². The van der Waals surface area contributed by atoms with Gasteiger partial charge in [-0.25, -0.2) is 0 Å². The summed E-state index contributed by atoms with van der Waals surface area (Å²) in [5, 5.41) is 4.93. The molecule has 0 spiro atoms. The molecule has 2 atom stereocenters. The van der Waals surface area contributed by atoms with Crippen molar-refractivity contribution in [3.05, 3.63) is 22.4 Å². The average molecular weight is 246 g/mol. The fourth-order valence-corrected chi connectivity index (χ4v) is 2.12. The van der Waals surface area contributed by atoms with E-state index < -0.39 is 0 Å². The third kappa shape index (κ3) is 4.22. The number of carbonyl (C=O) groups excluding carboxylic acids is 1. The minimum atomic E-state index is 0.0712. The van der Waals surface area contributed by atoms with Crippen LogP contribution in [0.2, 0.25) is 0 Å². The molecule has 2 unspecified atom stereocenters. The van der Waals surface area contributed by atoms with E-state index in [1.54, 1.807) is 11.3 Å². The summed E-state index contributed by atoms with van der Waals surface area (Å²) in [4.78, 5) is 12.7. The number of nitrogens with one attached hydrogen (secondary N) is 1. The lowest BCUT2D eigenvalue weighted by atomic mass is 10.1. The van der Waals surface area contributed by atoms with Crippen LogP contribution in [0.1, 0.15) is 18.7 Å². The van der Waals surface area contributed by atoms with Gasteiger partial charge in [-0.15, -0.1) is 22.9 Å². The molecule has 4 heteroatoms. The van der Waals surface area contributed by atoms with Gasteiger partial charge in [-0.05, 0) is 24.3 Å². The molecule has 0 bridgehead atoms. The summed E-state index contributed by atoms with van der Waals surface area (Å²) in [6.45, 7) is 4.02. The molecule has 15 heavy (non-hydrogen) atoms. The van der Waals surface area contributed by atoms with E-state index in [0.29, 0.717) is 18.2 Å². The Morgan fingerprint density at radius 2 is 2.33 bits per heavy atom. The highest BCUT2D eigenvalue weighted by molar-refractivity contribution is 7.10. The maximum atomic E-state index is 11.6. The molecule has 0 aliphatic rings. The van der Waals surface area contributed by atoms with Crippen molar-refractivity contribution in [1.29, 1.82) is 0 Å². The lowest BCUT2D eigenvalue weighted by Gasteiger charge is -2.18. The van der Waals surface area contributed by atoms with E-state index in [4.69, 9.17) is 11.6 Å². The molecule has 1 heterocycles. The normalized spacial score (nSPS) is 14.6. The van der Waals surface area contributed by atoms with Gasteiger partial charge in [-0.1, -0.05) is 13.0 Å². The zero-order valence-corrected chi connectivity index (χ0v) is 10.6. The Morgan fingerprint density at radius 1 is 1.60 bits per heavy atom. The SMILES string of the molecule is CC(CCl)C(C)NC(=O)Cc1cccs1. The number of rotatable bonds is 5. The van der Waals surface area contributed by atoms with Crippen molar-refractivity contribution >= 4 is 28.8 Å². The average Bonchev–Trinajstić information content (AvgIpc) is 2.68. The zero-order chi connectivity index (χ0) is 11.3. The Balaban J connectivity index is 2.36. The van der Waals surface area contributed by atoms with Gasteiger partial charge < -0.3 is 5.32 Å². The Morgan fingerprint density at radius 3 is 2.87 bits per heavy atom. The molecular weight excluding hydrogens is 230 g/mol. The monoisotopic (exact) mass is 245 g/mol. The maximum Gasteiger partial charge on any atom is 0.225 e. The molecule has 0 fully saturated rings. The maximum absolute atomic E-state index is 11.6. The van der Waals surface area contributed by atoms with Gasteiger partial charge in [0.1, 0.15) is 0 Å². The highest BCUT2D eigenvalue weighted by Gasteiger charge is 2.14. The summed E-state index contributed by atoms with van der Waals surface area (Å²) in [5.74, 6) is 0.946. The number of amides is 1. The fraction of sp³-hybridized carbons (Fsp3) is 0.545. The first kappa shape index (κ1) is 12.5. The van der Waals surface area contributed by atoms with Crippen LogP contribution in [-0.2, 0) is 11.2 Å². The molecule has 1 aromatic heterocycles. The van der Waals surface area contributed by atoms with E-state index in [9.17, 15) is 4.79 Å². The Kier molecular flexibility index (Phi) is 5.12. The molecule has 0 aliphatic carbocycles. The third-order valence-corrected chi connectivity index (χ3v) is 3.76. The van der Waals surface area contributed by atoms with Gasteiger partial charge in [0.05, 0.1) is 6.42 Å². The van der Waals surface area contributed by atoms with E-state index in [1.165, 1.54) is 0 Å². The Hall–Kier alpha value is -0.540. The summed E-state index contributed by atoms with van der Waals surface area (Å²) < 4.78 is 0. The van der Waals surface area contributed by atoms with Crippen LogP contribution >= 0.6 is 22.9 Å². The van der Waals surface area contributed by atoms with Gasteiger partial charge in [-0.2, -0.15) is 0 Å². The molecule has 0 saturated heterocycles. The molecule has 0 radical (unpaired) electrons. The summed E-state index contributed by atoms with van der Waals surface area (Å²) in [6.07, 6.45) is 0.469. The highest BCUT2D eigenvalue weighted by Crippen LogP contribution is 2.10. The second-order valence-corrected chi connectivity index (χ2v) is 5.08. The van der Waals surface area contributed by atoms with Gasteiger partial charge in [0.15, 0.2) is 0 Å². The second kappa shape index (κ2) is 6.13. The van der Waals surface area contributed by atoms with Crippen molar-refractivity contribution in [3.8, 4) is 0 Å². The Bertz CT molecular complexity index is 300. The third-order valence-electron chi connectivity index (χ3n) is 2.40. The van der Waals surface area contributed by atoms with Gasteiger partial charge in [-0.3, -0.25) is 4.79 Å². The molecule has 2 nitrogen and oxygen atoms in total. The number of hydrogen-bond acceptors (Lipinski definition) is 2. The van der Waals surface area contributed by atoms with Crippen molar-refractivity contribution in [3.63, 3.8) is 0 Å². The van der Waals surface area contributed by atoms with Crippen LogP contribution in [0.25, 0.3) is 0 Å². The first-order valence-corrected chi connectivity index (χ1v) is 6.42. The molecular formula is C11H16ClNOS. The smallest absolute Gasteiger partial charge is 0.225 e. The first-order valence-electron chi connectivity index (χ1n) is 5.01. The van der Waals surface area contributed by atoms with E-state index in [2.05, 4.69) is 5.32 Å². The van der Waals surface area contributed by atoms with E-state index in [-0.39, 0.29) is 11.9 Å². The number of carbonyl (C=O) groups is 1. The topological polar surface area (TPSA) is 29.1 Å². The molecule has 1 rings (SSSR count). The van der Waals surface area contributed by atoms with Crippen molar-refractivity contribution in [1.82, 2.24) is 5.32 Å². The van der Waals surface area contributed by atoms with Crippen LogP contribution in [0.15, 0.2) is 17.5 Å². The summed E-state index contributed by atoms with van der Waals surface area (Å²) in [5.41, 5.74) is 0. The number of hydrogen-bond donors (Lipinski definition) is 1. The van der Waals surface area contributed by atoms with Gasteiger partial charge in [0, 0.05) is 16.8 Å². The molecule has 0 aliphatic heterocycles. The fourth-order valence-electron chi connectivity index (χ4n) is 1.15. The van der Waals surface area contributed by atoms with Gasteiger partial charge in [0.2, 0.25) is 5.91 Å². The predicted molar refractivity (Wildman–Crippen MR) is 65.5 cm³/mol. The Labute approximate surface area is 99.6 Å². The van der Waals surface area contributed by atoms with Crippen molar-refractivity contribution in [2.45, 2.75) is 26.3 Å². The molecule has 1 aromatic rings. The van der Waals surface area contributed by atoms with Crippen molar-refractivity contribution < 1.29 is 4.79 Å². The van der Waals surface area contributed by atoms with Crippen LogP contribution in [0.3, 0.4) is 0 Å². The lowest BCUT2D eigenvalue weighted by Crippen LogP contribution is -2.38. The van der Waals surface area contributed by atoms with Crippen LogP contribution in [0.5, 0.6) is 0 Å². The lowest BCUT2D eigenvalue weighted by molar-refractivity contribution is -0.121. The van der Waals surface area contributed by atoms with E-state index in [0.717, 1.165) is 4.88 Å². The summed E-state index contributed by atoms with van der Waals surface area (Å²) in [6, 6.07) is 4.06. The predicted octanol–water partition coefficient (Wildman–Crippen LogP) is 2.67. The minimum Gasteiger partial charge on any atom is -0.353 e. The quantitative estimate of drug-likeness (QED) is 0.794. The molecule has 1 N–H and O–H groups in total. The van der Waals surface area contributed by atoms with E-state index in [1.807, 2.05) is 31.4 Å². The number of halogens is 1. The zero-order valence-electron chi connectivity index (χ0n) is 9.00. The van der Waals surface area contributed by atoms with Crippen LogP contribution < -0.4 is 5.32 Å². The minimum absolute atomic E-state index is 0.0712. The standard InChI is InChI=1S/C11H16ClNOS/c1-8(7-12)9(2)13-11(14)6-10-4-3-5-15-10/h3-5,8-9H,6-7H2,1-2H3,(H,13,14). The van der Waals surface area contributed by atoms with Crippen LogP contribution in [-0.4, -0.2) is 17.8 Å². The molecule has 1 amide bonds. The van der Waals surface area contributed by atoms with Gasteiger partial charge in [0.25, 0.3) is 0 Å². The summed E-state index contributed by atoms with van der Waals surface area (Å²) >= 11 is 7.33.